The second kappa shape index (κ2) is 4.88. The van der Waals surface area contributed by atoms with Gasteiger partial charge in [-0.05, 0) is 19.8 Å². The van der Waals surface area contributed by atoms with Crippen molar-refractivity contribution < 1.29 is 14.3 Å². The first-order valence-corrected chi connectivity index (χ1v) is 4.47. The van der Waals surface area contributed by atoms with Crippen molar-refractivity contribution in [1.82, 2.24) is 0 Å². The van der Waals surface area contributed by atoms with E-state index in [0.29, 0.717) is 0 Å². The topological polar surface area (TPSA) is 35.5 Å². The summed E-state index contributed by atoms with van der Waals surface area (Å²) in [5.74, 6) is 1.90. The van der Waals surface area contributed by atoms with Gasteiger partial charge in [-0.25, -0.2) is 0 Å². The fourth-order valence-corrected chi connectivity index (χ4v) is 1.45. The Labute approximate surface area is 78.4 Å². The number of carbonyl (C=O) groups excluding carboxylic acids is 1. The van der Waals surface area contributed by atoms with Gasteiger partial charge in [-0.1, -0.05) is 5.92 Å². The first-order valence-electron chi connectivity index (χ1n) is 4.47. The zero-order valence-electron chi connectivity index (χ0n) is 7.79. The maximum atomic E-state index is 11.4. The Hall–Kier alpha value is -1.01. The van der Waals surface area contributed by atoms with E-state index in [1.807, 2.05) is 6.92 Å². The molecular weight excluding hydrogens is 168 g/mol. The number of hydrogen-bond donors (Lipinski definition) is 0. The van der Waals surface area contributed by atoms with E-state index in [1.165, 1.54) is 0 Å². The Bertz CT molecular complexity index is 217. The van der Waals surface area contributed by atoms with Crippen molar-refractivity contribution in [2.45, 2.75) is 25.9 Å². The van der Waals surface area contributed by atoms with Crippen molar-refractivity contribution in [2.75, 3.05) is 13.2 Å². The molecule has 0 radical (unpaired) electrons. The van der Waals surface area contributed by atoms with Crippen LogP contribution in [0.2, 0.25) is 0 Å². The second-order valence-electron chi connectivity index (χ2n) is 3.14. The molecule has 1 aliphatic heterocycles. The number of rotatable bonds is 2. The van der Waals surface area contributed by atoms with Crippen LogP contribution in [0.3, 0.4) is 0 Å². The van der Waals surface area contributed by atoms with Gasteiger partial charge < -0.3 is 9.47 Å². The summed E-state index contributed by atoms with van der Waals surface area (Å²) in [5.41, 5.74) is 0. The third-order valence-corrected chi connectivity index (χ3v) is 2.21. The fourth-order valence-electron chi connectivity index (χ4n) is 1.45. The molecule has 0 bridgehead atoms. The van der Waals surface area contributed by atoms with E-state index in [1.54, 1.807) is 0 Å². The van der Waals surface area contributed by atoms with Gasteiger partial charge in [0.05, 0.1) is 12.0 Å². The van der Waals surface area contributed by atoms with Crippen LogP contribution < -0.4 is 0 Å². The van der Waals surface area contributed by atoms with Crippen LogP contribution in [0.15, 0.2) is 0 Å². The maximum Gasteiger partial charge on any atom is 0.312 e. The predicted molar refractivity (Wildman–Crippen MR) is 47.9 cm³/mol. The summed E-state index contributed by atoms with van der Waals surface area (Å²) >= 11 is 0. The molecule has 0 saturated carbocycles. The van der Waals surface area contributed by atoms with Crippen LogP contribution in [0.5, 0.6) is 0 Å². The summed E-state index contributed by atoms with van der Waals surface area (Å²) < 4.78 is 10.2. The van der Waals surface area contributed by atoms with Gasteiger partial charge in [0.1, 0.15) is 0 Å². The maximum absolute atomic E-state index is 11.4. The largest absolute Gasteiger partial charge is 0.452 e. The monoisotopic (exact) mass is 182 g/mol. The van der Waals surface area contributed by atoms with Crippen LogP contribution in [-0.2, 0) is 14.3 Å². The lowest BCUT2D eigenvalue weighted by Gasteiger charge is -2.26. The lowest BCUT2D eigenvalue weighted by molar-refractivity contribution is -0.155. The van der Waals surface area contributed by atoms with Crippen LogP contribution in [0.4, 0.5) is 0 Å². The molecular formula is C10H14O3. The Balaban J connectivity index is 2.40. The van der Waals surface area contributed by atoms with E-state index in [9.17, 15) is 4.79 Å². The highest BCUT2D eigenvalue weighted by Crippen LogP contribution is 2.21. The van der Waals surface area contributed by atoms with Gasteiger partial charge in [0.15, 0.2) is 6.61 Å². The standard InChI is InChI=1S/C10H14O3/c1-3-6-13-10(11)9-5-4-7-12-8(9)2/h1,8-9H,4-7H2,2H3/t8-,9-/m1/s1. The molecule has 3 heteroatoms. The summed E-state index contributed by atoms with van der Waals surface area (Å²) in [4.78, 5) is 11.4. The lowest BCUT2D eigenvalue weighted by Crippen LogP contribution is -2.34. The van der Waals surface area contributed by atoms with Crippen LogP contribution >= 0.6 is 0 Å². The molecule has 2 atom stereocenters. The van der Waals surface area contributed by atoms with Crippen LogP contribution in [0.1, 0.15) is 19.8 Å². The molecule has 13 heavy (non-hydrogen) atoms. The van der Waals surface area contributed by atoms with Crippen molar-refractivity contribution >= 4 is 5.97 Å². The molecule has 72 valence electrons. The Morgan fingerprint density at radius 2 is 2.54 bits per heavy atom. The molecule has 1 aliphatic rings. The van der Waals surface area contributed by atoms with Gasteiger partial charge in [-0.15, -0.1) is 6.42 Å². The van der Waals surface area contributed by atoms with Crippen LogP contribution in [0, 0.1) is 18.3 Å². The van der Waals surface area contributed by atoms with Crippen LogP contribution in [0.25, 0.3) is 0 Å². The minimum atomic E-state index is -0.231. The molecule has 1 rings (SSSR count). The first kappa shape index (κ1) is 10.1. The molecule has 0 aromatic rings. The van der Waals surface area contributed by atoms with Gasteiger partial charge >= 0.3 is 5.97 Å². The van der Waals surface area contributed by atoms with Crippen molar-refractivity contribution in [3.8, 4) is 12.3 Å². The molecule has 0 aliphatic carbocycles. The number of hydrogen-bond acceptors (Lipinski definition) is 3. The highest BCUT2D eigenvalue weighted by atomic mass is 16.5. The molecule has 0 spiro atoms. The molecule has 1 heterocycles. The zero-order valence-corrected chi connectivity index (χ0v) is 7.79. The van der Waals surface area contributed by atoms with Gasteiger partial charge in [0.25, 0.3) is 0 Å². The minimum absolute atomic E-state index is 0.0426. The number of terminal acetylenes is 1. The average molecular weight is 182 g/mol. The van der Waals surface area contributed by atoms with E-state index in [-0.39, 0.29) is 24.6 Å². The molecule has 3 nitrogen and oxygen atoms in total. The third kappa shape index (κ3) is 2.74. The number of ether oxygens (including phenoxy) is 2. The molecule has 1 saturated heterocycles. The first-order chi connectivity index (χ1) is 6.25. The lowest BCUT2D eigenvalue weighted by atomic mass is 9.96. The molecule has 1 fully saturated rings. The van der Waals surface area contributed by atoms with Gasteiger partial charge in [0, 0.05) is 6.61 Å². The number of esters is 1. The second-order valence-corrected chi connectivity index (χ2v) is 3.14. The minimum Gasteiger partial charge on any atom is -0.452 e. The van der Waals surface area contributed by atoms with E-state index in [4.69, 9.17) is 15.9 Å². The smallest absolute Gasteiger partial charge is 0.312 e. The predicted octanol–water partition coefficient (Wildman–Crippen LogP) is 0.978. The molecule has 0 aromatic heterocycles. The Morgan fingerprint density at radius 1 is 1.77 bits per heavy atom. The van der Waals surface area contributed by atoms with Crippen molar-refractivity contribution in [2.24, 2.45) is 5.92 Å². The van der Waals surface area contributed by atoms with Crippen molar-refractivity contribution in [3.63, 3.8) is 0 Å². The van der Waals surface area contributed by atoms with Gasteiger partial charge in [0.2, 0.25) is 0 Å². The van der Waals surface area contributed by atoms with Gasteiger partial charge in [-0.2, -0.15) is 0 Å². The third-order valence-electron chi connectivity index (χ3n) is 2.21. The molecule has 0 unspecified atom stereocenters. The molecule has 0 N–H and O–H groups in total. The normalized spacial score (nSPS) is 27.7. The van der Waals surface area contributed by atoms with Crippen molar-refractivity contribution in [3.05, 3.63) is 0 Å². The van der Waals surface area contributed by atoms with E-state index in [2.05, 4.69) is 5.92 Å². The SMILES string of the molecule is C#CCOC(=O)[C@@H]1CCCO[C@@H]1C. The van der Waals surface area contributed by atoms with E-state index >= 15 is 0 Å². The summed E-state index contributed by atoms with van der Waals surface area (Å²) in [7, 11) is 0. The molecule has 0 aromatic carbocycles. The summed E-state index contributed by atoms with van der Waals surface area (Å²) in [6.45, 7) is 2.68. The summed E-state index contributed by atoms with van der Waals surface area (Å²) in [5, 5.41) is 0. The average Bonchev–Trinajstić information content (AvgIpc) is 2.15. The van der Waals surface area contributed by atoms with E-state index < -0.39 is 0 Å². The fraction of sp³-hybridized carbons (Fsp3) is 0.700. The zero-order chi connectivity index (χ0) is 9.68. The summed E-state index contributed by atoms with van der Waals surface area (Å²) in [6.07, 6.45) is 6.69. The highest BCUT2D eigenvalue weighted by Gasteiger charge is 2.29. The summed E-state index contributed by atoms with van der Waals surface area (Å²) in [6, 6.07) is 0. The van der Waals surface area contributed by atoms with Gasteiger partial charge in [-0.3, -0.25) is 4.79 Å². The Morgan fingerprint density at radius 3 is 3.15 bits per heavy atom. The van der Waals surface area contributed by atoms with E-state index in [0.717, 1.165) is 19.4 Å². The number of carbonyl (C=O) groups is 1. The Kier molecular flexibility index (Phi) is 3.78. The molecule has 0 amide bonds. The quantitative estimate of drug-likeness (QED) is 0.471. The van der Waals surface area contributed by atoms with Crippen LogP contribution in [-0.4, -0.2) is 25.3 Å². The highest BCUT2D eigenvalue weighted by molar-refractivity contribution is 5.73. The van der Waals surface area contributed by atoms with Crippen molar-refractivity contribution in [1.29, 1.82) is 0 Å².